The summed E-state index contributed by atoms with van der Waals surface area (Å²) in [5.41, 5.74) is 0.603. The van der Waals surface area contributed by atoms with Crippen molar-refractivity contribution in [3.05, 3.63) is 23.8 Å². The van der Waals surface area contributed by atoms with E-state index >= 15 is 0 Å². The van der Waals surface area contributed by atoms with E-state index in [1.165, 1.54) is 0 Å². The Hall–Kier alpha value is -1.15. The predicted molar refractivity (Wildman–Crippen MR) is 85.6 cm³/mol. The Morgan fingerprint density at radius 1 is 1.39 bits per heavy atom. The molecule has 8 heteroatoms. The van der Waals surface area contributed by atoms with Gasteiger partial charge in [-0.15, -0.1) is 12.4 Å². The van der Waals surface area contributed by atoms with Crippen molar-refractivity contribution in [2.45, 2.75) is 26.2 Å². The molecule has 2 unspecified atom stereocenters. The van der Waals surface area contributed by atoms with Crippen molar-refractivity contribution in [2.24, 2.45) is 5.92 Å². The third-order valence-corrected chi connectivity index (χ3v) is 3.59. The molecule has 0 radical (unpaired) electrons. The number of nitrogens with one attached hydrogen (secondary N) is 2. The van der Waals surface area contributed by atoms with Gasteiger partial charge in [0.05, 0.1) is 12.7 Å². The standard InChI is InChI=1S/C15H22F2N2O3.ClH/c1-2-21-13-5-3-4-10(14(13)22-15(16)17)6-18-7-11-8-19-9-12(11)20;/h3-5,11-12,15,18-20H,2,6-9H2,1H3;1H. The maximum Gasteiger partial charge on any atom is 0.387 e. The lowest BCUT2D eigenvalue weighted by molar-refractivity contribution is -0.0521. The van der Waals surface area contributed by atoms with Gasteiger partial charge in [0, 0.05) is 37.7 Å². The van der Waals surface area contributed by atoms with Gasteiger partial charge in [0.25, 0.3) is 0 Å². The minimum atomic E-state index is -2.90. The van der Waals surface area contributed by atoms with E-state index in [0.29, 0.717) is 37.6 Å². The summed E-state index contributed by atoms with van der Waals surface area (Å²) in [6.45, 7) is 1.55. The molecular weight excluding hydrogens is 330 g/mol. The van der Waals surface area contributed by atoms with Crippen LogP contribution in [0.4, 0.5) is 8.78 Å². The number of rotatable bonds is 8. The van der Waals surface area contributed by atoms with Gasteiger partial charge in [-0.05, 0) is 13.0 Å². The van der Waals surface area contributed by atoms with Gasteiger partial charge in [0.1, 0.15) is 0 Å². The maximum absolute atomic E-state index is 12.6. The molecular formula is C15H23ClF2N2O3. The molecule has 2 rings (SSSR count). The second-order valence-electron chi connectivity index (χ2n) is 5.17. The Bertz CT molecular complexity index is 480. The molecule has 1 aromatic rings. The van der Waals surface area contributed by atoms with Crippen LogP contribution in [0.15, 0.2) is 18.2 Å². The van der Waals surface area contributed by atoms with Crippen molar-refractivity contribution in [1.29, 1.82) is 0 Å². The predicted octanol–water partition coefficient (Wildman–Crippen LogP) is 1.78. The van der Waals surface area contributed by atoms with Crippen LogP contribution in [-0.4, -0.2) is 44.1 Å². The highest BCUT2D eigenvalue weighted by Gasteiger charge is 2.24. The van der Waals surface area contributed by atoms with Crippen molar-refractivity contribution in [3.8, 4) is 11.5 Å². The number of hydrogen-bond acceptors (Lipinski definition) is 5. The lowest BCUT2D eigenvalue weighted by Gasteiger charge is -2.17. The van der Waals surface area contributed by atoms with Gasteiger partial charge in [-0.3, -0.25) is 0 Å². The zero-order valence-electron chi connectivity index (χ0n) is 12.9. The second-order valence-corrected chi connectivity index (χ2v) is 5.17. The molecule has 1 aromatic carbocycles. The highest BCUT2D eigenvalue weighted by molar-refractivity contribution is 5.85. The Morgan fingerprint density at radius 2 is 2.17 bits per heavy atom. The zero-order valence-corrected chi connectivity index (χ0v) is 13.7. The normalized spacial score (nSPS) is 20.4. The molecule has 23 heavy (non-hydrogen) atoms. The number of aliphatic hydroxyl groups is 1. The molecule has 1 aliphatic heterocycles. The average Bonchev–Trinajstić information content (AvgIpc) is 2.87. The molecule has 1 fully saturated rings. The second kappa shape index (κ2) is 9.87. The van der Waals surface area contributed by atoms with E-state index in [0.717, 1.165) is 6.54 Å². The summed E-state index contributed by atoms with van der Waals surface area (Å²) >= 11 is 0. The number of para-hydroxylation sites is 1. The third kappa shape index (κ3) is 5.76. The Labute approximate surface area is 140 Å². The van der Waals surface area contributed by atoms with E-state index in [2.05, 4.69) is 15.4 Å². The summed E-state index contributed by atoms with van der Waals surface area (Å²) in [6.07, 6.45) is -0.376. The van der Waals surface area contributed by atoms with Crippen LogP contribution >= 0.6 is 12.4 Å². The number of alkyl halides is 2. The zero-order chi connectivity index (χ0) is 15.9. The molecule has 0 bridgehead atoms. The van der Waals surface area contributed by atoms with E-state index in [-0.39, 0.29) is 30.2 Å². The summed E-state index contributed by atoms with van der Waals surface area (Å²) in [7, 11) is 0. The van der Waals surface area contributed by atoms with Crippen LogP contribution in [0.1, 0.15) is 12.5 Å². The lowest BCUT2D eigenvalue weighted by atomic mass is 10.1. The number of ether oxygens (including phenoxy) is 2. The van der Waals surface area contributed by atoms with Crippen molar-refractivity contribution in [1.82, 2.24) is 10.6 Å². The summed E-state index contributed by atoms with van der Waals surface area (Å²) in [4.78, 5) is 0. The summed E-state index contributed by atoms with van der Waals surface area (Å²) in [5, 5.41) is 16.0. The first-order chi connectivity index (χ1) is 10.6. The molecule has 0 aromatic heterocycles. The average molecular weight is 353 g/mol. The van der Waals surface area contributed by atoms with Gasteiger partial charge in [-0.1, -0.05) is 12.1 Å². The number of aliphatic hydroxyl groups excluding tert-OH is 1. The van der Waals surface area contributed by atoms with Gasteiger partial charge in [-0.2, -0.15) is 8.78 Å². The SMILES string of the molecule is CCOc1cccc(CNCC2CNCC2O)c1OC(F)F.Cl. The quantitative estimate of drug-likeness (QED) is 0.665. The van der Waals surface area contributed by atoms with Crippen LogP contribution in [0.25, 0.3) is 0 Å². The molecule has 2 atom stereocenters. The number of β-amino-alcohol motifs (C(OH)–C–C–N with tert-alkyl or cyclic N) is 1. The molecule has 0 spiro atoms. The Morgan fingerprint density at radius 3 is 2.78 bits per heavy atom. The minimum Gasteiger partial charge on any atom is -0.490 e. The molecule has 1 aliphatic rings. The fraction of sp³-hybridized carbons (Fsp3) is 0.600. The van der Waals surface area contributed by atoms with Crippen molar-refractivity contribution >= 4 is 12.4 Å². The minimum absolute atomic E-state index is 0. The first kappa shape index (κ1) is 19.9. The molecule has 1 saturated heterocycles. The highest BCUT2D eigenvalue weighted by atomic mass is 35.5. The van der Waals surface area contributed by atoms with Crippen LogP contribution in [0, 0.1) is 5.92 Å². The number of benzene rings is 1. The summed E-state index contributed by atoms with van der Waals surface area (Å²) in [6, 6.07) is 5.07. The summed E-state index contributed by atoms with van der Waals surface area (Å²) in [5.74, 6) is 0.496. The molecule has 0 saturated carbocycles. The van der Waals surface area contributed by atoms with E-state index < -0.39 is 6.61 Å². The van der Waals surface area contributed by atoms with Crippen LogP contribution in [-0.2, 0) is 6.54 Å². The van der Waals surface area contributed by atoms with Crippen molar-refractivity contribution in [3.63, 3.8) is 0 Å². The molecule has 3 N–H and O–H groups in total. The maximum atomic E-state index is 12.6. The van der Waals surface area contributed by atoms with Crippen LogP contribution in [0.2, 0.25) is 0 Å². The van der Waals surface area contributed by atoms with E-state index in [1.807, 2.05) is 0 Å². The fourth-order valence-electron chi connectivity index (χ4n) is 2.51. The number of hydrogen-bond donors (Lipinski definition) is 3. The molecule has 0 aliphatic carbocycles. The van der Waals surface area contributed by atoms with Crippen LogP contribution in [0.5, 0.6) is 11.5 Å². The monoisotopic (exact) mass is 352 g/mol. The third-order valence-electron chi connectivity index (χ3n) is 3.59. The topological polar surface area (TPSA) is 62.8 Å². The van der Waals surface area contributed by atoms with Crippen molar-refractivity contribution < 1.29 is 23.4 Å². The van der Waals surface area contributed by atoms with E-state index in [9.17, 15) is 13.9 Å². The molecule has 0 amide bonds. The highest BCUT2D eigenvalue weighted by Crippen LogP contribution is 2.32. The van der Waals surface area contributed by atoms with E-state index in [4.69, 9.17) is 4.74 Å². The first-order valence-electron chi connectivity index (χ1n) is 7.40. The molecule has 132 valence electrons. The van der Waals surface area contributed by atoms with E-state index in [1.54, 1.807) is 25.1 Å². The van der Waals surface area contributed by atoms with Crippen LogP contribution in [0.3, 0.4) is 0 Å². The van der Waals surface area contributed by atoms with Gasteiger partial charge in [-0.25, -0.2) is 0 Å². The lowest BCUT2D eigenvalue weighted by Crippen LogP contribution is -2.30. The number of halogens is 3. The van der Waals surface area contributed by atoms with Gasteiger partial charge < -0.3 is 25.2 Å². The van der Waals surface area contributed by atoms with Crippen molar-refractivity contribution in [2.75, 3.05) is 26.2 Å². The Balaban J connectivity index is 0.00000264. The smallest absolute Gasteiger partial charge is 0.387 e. The van der Waals surface area contributed by atoms with Gasteiger partial charge in [0.15, 0.2) is 11.5 Å². The van der Waals surface area contributed by atoms with Crippen LogP contribution < -0.4 is 20.1 Å². The first-order valence-corrected chi connectivity index (χ1v) is 7.40. The molecule has 1 heterocycles. The Kier molecular flexibility index (Phi) is 8.54. The fourth-order valence-corrected chi connectivity index (χ4v) is 2.51. The largest absolute Gasteiger partial charge is 0.490 e. The van der Waals surface area contributed by atoms with Gasteiger partial charge >= 0.3 is 6.61 Å². The van der Waals surface area contributed by atoms with Gasteiger partial charge in [0.2, 0.25) is 0 Å². The molecule has 5 nitrogen and oxygen atoms in total. The summed E-state index contributed by atoms with van der Waals surface area (Å²) < 4.78 is 35.2.